The van der Waals surface area contributed by atoms with E-state index in [1.54, 1.807) is 37.3 Å². The normalized spacial score (nSPS) is 15.4. The van der Waals surface area contributed by atoms with Gasteiger partial charge in [-0.05, 0) is 78.5 Å². The molecule has 1 aromatic carbocycles. The van der Waals surface area contributed by atoms with Crippen molar-refractivity contribution in [1.29, 1.82) is 0 Å². The van der Waals surface area contributed by atoms with Gasteiger partial charge in [-0.2, -0.15) is 0 Å². The van der Waals surface area contributed by atoms with Gasteiger partial charge in [-0.3, -0.25) is 14.4 Å². The average Bonchev–Trinajstić information content (AvgIpc) is 3.39. The Bertz CT molecular complexity index is 987. The van der Waals surface area contributed by atoms with E-state index in [-0.39, 0.29) is 18.4 Å². The van der Waals surface area contributed by atoms with Gasteiger partial charge < -0.3 is 20.3 Å². The molecule has 1 aliphatic rings. The molecule has 1 saturated heterocycles. The van der Waals surface area contributed by atoms with Crippen molar-refractivity contribution < 1.29 is 19.1 Å². The fourth-order valence-electron chi connectivity index (χ4n) is 3.54. The number of hydrogen-bond donors (Lipinski definition) is 2. The number of halogens is 1. The van der Waals surface area contributed by atoms with E-state index in [0.717, 1.165) is 35.3 Å². The lowest BCUT2D eigenvalue weighted by Crippen LogP contribution is -2.57. The monoisotopic (exact) mass is 507 g/mol. The Balaban J connectivity index is 1.73. The predicted molar refractivity (Wildman–Crippen MR) is 125 cm³/mol. The van der Waals surface area contributed by atoms with Gasteiger partial charge in [0.25, 0.3) is 17.7 Å². The van der Waals surface area contributed by atoms with Crippen LogP contribution in [0.25, 0.3) is 0 Å². The highest BCUT2D eigenvalue weighted by atomic mass is 79.9. The fraction of sp³-hybridized carbons (Fsp3) is 0.409. The number of benzene rings is 1. The molecule has 0 aliphatic carbocycles. The first-order chi connectivity index (χ1) is 14.7. The Hall–Kier alpha value is -2.23. The molecule has 3 rings (SSSR count). The van der Waals surface area contributed by atoms with E-state index in [1.165, 1.54) is 18.4 Å². The molecule has 1 fully saturated rings. The van der Waals surface area contributed by atoms with Crippen LogP contribution in [0.1, 0.15) is 45.4 Å². The molecular formula is C22H26BrN3O4S. The summed E-state index contributed by atoms with van der Waals surface area (Å²) in [7, 11) is 1.47. The molecule has 9 heteroatoms. The number of amides is 3. The highest BCUT2D eigenvalue weighted by molar-refractivity contribution is 9.11. The summed E-state index contributed by atoms with van der Waals surface area (Å²) in [5, 5.41) is 5.62. The summed E-state index contributed by atoms with van der Waals surface area (Å²) < 4.78 is 6.04. The molecule has 0 spiro atoms. The maximum Gasteiger partial charge on any atom is 0.262 e. The van der Waals surface area contributed by atoms with Crippen molar-refractivity contribution >= 4 is 50.7 Å². The zero-order chi connectivity index (χ0) is 22.6. The first-order valence-corrected chi connectivity index (χ1v) is 11.6. The summed E-state index contributed by atoms with van der Waals surface area (Å²) in [6.07, 6.45) is 2.07. The minimum absolute atomic E-state index is 0.00162. The van der Waals surface area contributed by atoms with Crippen molar-refractivity contribution in [1.82, 2.24) is 10.2 Å². The van der Waals surface area contributed by atoms with E-state index in [0.29, 0.717) is 16.1 Å². The van der Waals surface area contributed by atoms with Crippen LogP contribution in [-0.2, 0) is 9.53 Å². The van der Waals surface area contributed by atoms with Gasteiger partial charge in [0.2, 0.25) is 0 Å². The SMILES string of the molecule is COC[C@@](C)(NC(=O)c1ccc(Br)s1)C(=O)Nc1ccc(C(=O)N2CCCC2)c(C)c1. The van der Waals surface area contributed by atoms with Crippen LogP contribution in [0.2, 0.25) is 0 Å². The van der Waals surface area contributed by atoms with Crippen LogP contribution in [0.3, 0.4) is 0 Å². The number of hydrogen-bond acceptors (Lipinski definition) is 5. The van der Waals surface area contributed by atoms with Crippen molar-refractivity contribution in [3.63, 3.8) is 0 Å². The number of ether oxygens (including phenoxy) is 1. The third-order valence-corrected chi connectivity index (χ3v) is 6.85. The highest BCUT2D eigenvalue weighted by Crippen LogP contribution is 2.24. The minimum Gasteiger partial charge on any atom is -0.382 e. The summed E-state index contributed by atoms with van der Waals surface area (Å²) in [6, 6.07) is 8.68. The number of aryl methyl sites for hydroxylation is 1. The van der Waals surface area contributed by atoms with Crippen molar-refractivity contribution in [2.24, 2.45) is 0 Å². The van der Waals surface area contributed by atoms with E-state index >= 15 is 0 Å². The maximum atomic E-state index is 13.0. The quantitative estimate of drug-likeness (QED) is 0.595. The summed E-state index contributed by atoms with van der Waals surface area (Å²) in [6.45, 7) is 5.04. The fourth-order valence-corrected chi connectivity index (χ4v) is 4.82. The lowest BCUT2D eigenvalue weighted by atomic mass is 10.0. The van der Waals surface area contributed by atoms with Gasteiger partial charge in [0.05, 0.1) is 15.3 Å². The van der Waals surface area contributed by atoms with Crippen LogP contribution in [0.15, 0.2) is 34.1 Å². The molecule has 2 heterocycles. The summed E-state index contributed by atoms with van der Waals surface area (Å²) in [5.41, 5.74) is 0.697. The maximum absolute atomic E-state index is 13.0. The Labute approximate surface area is 194 Å². The molecule has 31 heavy (non-hydrogen) atoms. The first-order valence-electron chi connectivity index (χ1n) is 10.0. The molecule has 0 saturated carbocycles. The van der Waals surface area contributed by atoms with E-state index in [1.807, 2.05) is 11.8 Å². The number of nitrogens with one attached hydrogen (secondary N) is 2. The second-order valence-corrected chi connectivity index (χ2v) is 10.3. The van der Waals surface area contributed by atoms with E-state index < -0.39 is 11.4 Å². The second-order valence-electron chi connectivity index (χ2n) is 7.81. The van der Waals surface area contributed by atoms with Crippen LogP contribution >= 0.6 is 27.3 Å². The number of nitrogens with zero attached hydrogens (tertiary/aromatic N) is 1. The third-order valence-electron chi connectivity index (χ3n) is 5.23. The van der Waals surface area contributed by atoms with Gasteiger partial charge in [-0.1, -0.05) is 0 Å². The standard InChI is InChI=1S/C22H26BrN3O4S/c1-14-12-15(6-7-16(14)20(28)26-10-4-5-11-26)24-21(29)22(2,13-30-3)25-19(27)17-8-9-18(23)31-17/h6-9,12H,4-5,10-11,13H2,1-3H3,(H,24,29)(H,25,27)/t22-/m1/s1. The number of rotatable bonds is 7. The lowest BCUT2D eigenvalue weighted by molar-refractivity contribution is -0.123. The van der Waals surface area contributed by atoms with Gasteiger partial charge in [0.1, 0.15) is 5.54 Å². The molecule has 1 aliphatic heterocycles. The molecule has 3 amide bonds. The molecular weight excluding hydrogens is 482 g/mol. The number of methoxy groups -OCH3 is 1. The van der Waals surface area contributed by atoms with Crippen molar-refractivity contribution in [2.45, 2.75) is 32.2 Å². The molecule has 166 valence electrons. The second kappa shape index (κ2) is 9.93. The molecule has 2 aromatic rings. The molecule has 1 atom stereocenters. The summed E-state index contributed by atoms with van der Waals surface area (Å²) in [5.74, 6) is -0.740. The van der Waals surface area contributed by atoms with Crippen LogP contribution in [0.5, 0.6) is 0 Å². The minimum atomic E-state index is -1.28. The number of carbonyl (C=O) groups is 3. The smallest absolute Gasteiger partial charge is 0.262 e. The summed E-state index contributed by atoms with van der Waals surface area (Å²) >= 11 is 4.62. The van der Waals surface area contributed by atoms with E-state index in [2.05, 4.69) is 26.6 Å². The third kappa shape index (κ3) is 5.53. The van der Waals surface area contributed by atoms with Gasteiger partial charge in [0, 0.05) is 31.5 Å². The topological polar surface area (TPSA) is 87.7 Å². The van der Waals surface area contributed by atoms with Crippen LogP contribution in [0.4, 0.5) is 5.69 Å². The van der Waals surface area contributed by atoms with Crippen LogP contribution in [0, 0.1) is 6.92 Å². The zero-order valence-corrected chi connectivity index (χ0v) is 20.2. The molecule has 0 radical (unpaired) electrons. The number of thiophene rings is 1. The largest absolute Gasteiger partial charge is 0.382 e. The van der Waals surface area contributed by atoms with Gasteiger partial charge >= 0.3 is 0 Å². The Morgan fingerprint density at radius 1 is 1.19 bits per heavy atom. The molecule has 0 unspecified atom stereocenters. The Morgan fingerprint density at radius 3 is 2.48 bits per heavy atom. The van der Waals surface area contributed by atoms with Gasteiger partial charge in [-0.15, -0.1) is 11.3 Å². The van der Waals surface area contributed by atoms with Crippen LogP contribution < -0.4 is 10.6 Å². The number of anilines is 1. The lowest BCUT2D eigenvalue weighted by Gasteiger charge is -2.28. The Kier molecular flexibility index (Phi) is 7.51. The average molecular weight is 508 g/mol. The summed E-state index contributed by atoms with van der Waals surface area (Å²) in [4.78, 5) is 40.7. The van der Waals surface area contributed by atoms with Crippen LogP contribution in [-0.4, -0.2) is 55.0 Å². The van der Waals surface area contributed by atoms with Crippen molar-refractivity contribution in [2.75, 3.05) is 32.1 Å². The first kappa shape index (κ1) is 23.4. The molecule has 0 bridgehead atoms. The number of likely N-dealkylation sites (tertiary alicyclic amines) is 1. The zero-order valence-electron chi connectivity index (χ0n) is 17.8. The van der Waals surface area contributed by atoms with Gasteiger partial charge in [-0.25, -0.2) is 0 Å². The van der Waals surface area contributed by atoms with Crippen molar-refractivity contribution in [3.05, 3.63) is 50.1 Å². The highest BCUT2D eigenvalue weighted by Gasteiger charge is 2.36. The van der Waals surface area contributed by atoms with E-state index in [9.17, 15) is 14.4 Å². The molecule has 1 aromatic heterocycles. The van der Waals surface area contributed by atoms with E-state index in [4.69, 9.17) is 4.74 Å². The van der Waals surface area contributed by atoms with Gasteiger partial charge in [0.15, 0.2) is 0 Å². The molecule has 7 nitrogen and oxygen atoms in total. The molecule has 2 N–H and O–H groups in total. The Morgan fingerprint density at radius 2 is 1.90 bits per heavy atom. The number of carbonyl (C=O) groups excluding carboxylic acids is 3. The van der Waals surface area contributed by atoms with Crippen molar-refractivity contribution in [3.8, 4) is 0 Å². The predicted octanol–water partition coefficient (Wildman–Crippen LogP) is 3.83.